The summed E-state index contributed by atoms with van der Waals surface area (Å²) in [5.41, 5.74) is 10.8. The van der Waals surface area contributed by atoms with E-state index in [4.69, 9.17) is 9.98 Å². The van der Waals surface area contributed by atoms with E-state index in [0.29, 0.717) is 0 Å². The number of rotatable bonds is 4. The van der Waals surface area contributed by atoms with Crippen LogP contribution in [0, 0.1) is 0 Å². The van der Waals surface area contributed by atoms with Crippen molar-refractivity contribution in [3.8, 4) is 33.4 Å². The number of benzene rings is 6. The first-order valence-electron chi connectivity index (χ1n) is 13.6. The summed E-state index contributed by atoms with van der Waals surface area (Å²) in [6.07, 6.45) is -0.207. The van der Waals surface area contributed by atoms with Gasteiger partial charge in [-0.1, -0.05) is 140 Å². The van der Waals surface area contributed by atoms with Gasteiger partial charge >= 0.3 is 0 Å². The van der Waals surface area contributed by atoms with Crippen LogP contribution in [0.5, 0.6) is 0 Å². The summed E-state index contributed by atoms with van der Waals surface area (Å²) in [5, 5.41) is 6.16. The second-order valence-corrected chi connectivity index (χ2v) is 10.2. The molecule has 2 aliphatic rings. The Kier molecular flexibility index (Phi) is 5.20. The van der Waals surface area contributed by atoms with Crippen LogP contribution in [0.1, 0.15) is 22.9 Å². The van der Waals surface area contributed by atoms with Crippen LogP contribution in [-0.4, -0.2) is 11.7 Å². The van der Waals surface area contributed by atoms with E-state index in [0.717, 1.165) is 28.4 Å². The third-order valence-corrected chi connectivity index (χ3v) is 7.91. The highest BCUT2D eigenvalue weighted by molar-refractivity contribution is 6.19. The van der Waals surface area contributed by atoms with Gasteiger partial charge in [0.15, 0.2) is 5.84 Å². The van der Waals surface area contributed by atoms with Gasteiger partial charge in [0.25, 0.3) is 0 Å². The largest absolute Gasteiger partial charge is 0.344 e. The first-order chi connectivity index (χ1) is 19.8. The van der Waals surface area contributed by atoms with Crippen molar-refractivity contribution in [3.63, 3.8) is 0 Å². The van der Waals surface area contributed by atoms with Crippen molar-refractivity contribution < 1.29 is 0 Å². The van der Waals surface area contributed by atoms with Crippen LogP contribution in [0.3, 0.4) is 0 Å². The van der Waals surface area contributed by atoms with Crippen LogP contribution < -0.4 is 5.32 Å². The highest BCUT2D eigenvalue weighted by atomic mass is 15.2. The minimum Gasteiger partial charge on any atom is -0.344 e. The molecule has 8 rings (SSSR count). The molecule has 1 unspecified atom stereocenters. The molecule has 3 nitrogen and oxygen atoms in total. The third kappa shape index (κ3) is 3.67. The summed E-state index contributed by atoms with van der Waals surface area (Å²) in [6, 6.07) is 49.2. The molecule has 188 valence electrons. The second kappa shape index (κ2) is 9.18. The molecule has 6 aromatic rings. The Morgan fingerprint density at radius 3 is 1.80 bits per heavy atom. The molecule has 0 aromatic heterocycles. The molecule has 0 saturated heterocycles. The zero-order valence-corrected chi connectivity index (χ0v) is 21.8. The zero-order chi connectivity index (χ0) is 26.5. The molecule has 1 atom stereocenters. The molecular weight excluding hydrogens is 486 g/mol. The molecule has 0 fully saturated rings. The van der Waals surface area contributed by atoms with Gasteiger partial charge in [-0.3, -0.25) is 0 Å². The van der Waals surface area contributed by atoms with Gasteiger partial charge in [-0.15, -0.1) is 0 Å². The number of hydrogen-bond acceptors (Lipinski definition) is 3. The van der Waals surface area contributed by atoms with Gasteiger partial charge in [-0.25, -0.2) is 9.98 Å². The molecule has 1 aliphatic carbocycles. The zero-order valence-electron chi connectivity index (χ0n) is 21.8. The minimum absolute atomic E-state index is 0.207. The molecule has 0 radical (unpaired) electrons. The molecule has 6 aromatic carbocycles. The van der Waals surface area contributed by atoms with Crippen LogP contribution in [0.4, 0.5) is 0 Å². The fraction of sp³-hybridized carbons (Fsp3) is 0.0270. The maximum Gasteiger partial charge on any atom is 0.159 e. The molecule has 1 aliphatic heterocycles. The maximum atomic E-state index is 5.02. The van der Waals surface area contributed by atoms with Crippen LogP contribution >= 0.6 is 0 Å². The van der Waals surface area contributed by atoms with Crippen molar-refractivity contribution in [2.45, 2.75) is 6.17 Å². The lowest BCUT2D eigenvalue weighted by molar-refractivity contribution is 0.674. The molecule has 0 amide bonds. The third-order valence-electron chi connectivity index (χ3n) is 7.91. The van der Waals surface area contributed by atoms with Crippen LogP contribution in [0.2, 0.25) is 0 Å². The average molecular weight is 512 g/mol. The van der Waals surface area contributed by atoms with E-state index in [1.165, 1.54) is 44.2 Å². The van der Waals surface area contributed by atoms with Crippen LogP contribution in [0.15, 0.2) is 150 Å². The highest BCUT2D eigenvalue weighted by Gasteiger charge is 2.23. The SMILES string of the molecule is c1ccc(C2=NC(c3ccc(-c4ccc5c6c(cccc46)-c4ccccc4-5)cc3)=NC(c3ccccc3)N2)cc1. The van der Waals surface area contributed by atoms with E-state index in [1.807, 2.05) is 36.4 Å². The van der Waals surface area contributed by atoms with Crippen molar-refractivity contribution in [2.24, 2.45) is 9.98 Å². The second-order valence-electron chi connectivity index (χ2n) is 10.2. The van der Waals surface area contributed by atoms with E-state index >= 15 is 0 Å². The smallest absolute Gasteiger partial charge is 0.159 e. The van der Waals surface area contributed by atoms with Crippen molar-refractivity contribution in [1.29, 1.82) is 0 Å². The molecule has 3 heteroatoms. The molecule has 40 heavy (non-hydrogen) atoms. The first kappa shape index (κ1) is 22.7. The summed E-state index contributed by atoms with van der Waals surface area (Å²) < 4.78 is 0. The molecule has 0 spiro atoms. The predicted molar refractivity (Wildman–Crippen MR) is 166 cm³/mol. The Morgan fingerprint density at radius 1 is 0.450 bits per heavy atom. The normalized spacial score (nSPS) is 15.2. The van der Waals surface area contributed by atoms with E-state index in [1.54, 1.807) is 0 Å². The standard InChI is InChI=1S/C37H25N3/c1-3-10-25(11-4-1)35-38-36(26-12-5-2-6-13-26)40-37(39-35)27-20-18-24(19-21-27)28-22-23-33-30-15-8-7-14-29(30)32-17-9-16-31(28)34(32)33/h1-23,35H,(H,38,39,40). The molecule has 0 saturated carbocycles. The number of nitrogens with one attached hydrogen (secondary N) is 1. The number of nitrogens with zero attached hydrogens (tertiary/aromatic N) is 2. The number of aliphatic imine (C=N–C) groups is 2. The Labute approximate surface area is 233 Å². The van der Waals surface area contributed by atoms with E-state index in [2.05, 4.69) is 108 Å². The van der Waals surface area contributed by atoms with Crippen LogP contribution in [-0.2, 0) is 0 Å². The molecule has 1 N–H and O–H groups in total. The van der Waals surface area contributed by atoms with Gasteiger partial charge < -0.3 is 5.32 Å². The summed E-state index contributed by atoms with van der Waals surface area (Å²) >= 11 is 0. The summed E-state index contributed by atoms with van der Waals surface area (Å²) in [6.45, 7) is 0. The van der Waals surface area contributed by atoms with E-state index < -0.39 is 0 Å². The predicted octanol–water partition coefficient (Wildman–Crippen LogP) is 8.65. The lowest BCUT2D eigenvalue weighted by Gasteiger charge is -2.23. The Morgan fingerprint density at radius 2 is 1.05 bits per heavy atom. The van der Waals surface area contributed by atoms with Gasteiger partial charge in [0, 0.05) is 11.1 Å². The lowest BCUT2D eigenvalue weighted by Crippen LogP contribution is -2.33. The Hall–Kier alpha value is -5.28. The van der Waals surface area contributed by atoms with Crippen molar-refractivity contribution in [3.05, 3.63) is 156 Å². The van der Waals surface area contributed by atoms with Gasteiger partial charge in [-0.05, 0) is 49.7 Å². The van der Waals surface area contributed by atoms with Crippen molar-refractivity contribution in [2.75, 3.05) is 0 Å². The van der Waals surface area contributed by atoms with Crippen LogP contribution in [0.25, 0.3) is 44.2 Å². The average Bonchev–Trinajstić information content (AvgIpc) is 3.37. The van der Waals surface area contributed by atoms with E-state index in [-0.39, 0.29) is 6.17 Å². The van der Waals surface area contributed by atoms with Crippen molar-refractivity contribution in [1.82, 2.24) is 5.32 Å². The fourth-order valence-corrected chi connectivity index (χ4v) is 5.99. The fourth-order valence-electron chi connectivity index (χ4n) is 5.99. The summed E-state index contributed by atoms with van der Waals surface area (Å²) in [7, 11) is 0. The molecule has 1 heterocycles. The van der Waals surface area contributed by atoms with E-state index in [9.17, 15) is 0 Å². The quantitative estimate of drug-likeness (QED) is 0.252. The number of hydrogen-bond donors (Lipinski definition) is 1. The number of fused-ring (bicyclic) bond motifs is 3. The minimum atomic E-state index is -0.207. The van der Waals surface area contributed by atoms with Gasteiger partial charge in [0.1, 0.15) is 12.0 Å². The Bertz CT molecular complexity index is 1920. The van der Waals surface area contributed by atoms with Gasteiger partial charge in [0.2, 0.25) is 0 Å². The maximum absolute atomic E-state index is 5.02. The van der Waals surface area contributed by atoms with Gasteiger partial charge in [0.05, 0.1) is 0 Å². The monoisotopic (exact) mass is 511 g/mol. The Balaban J connectivity index is 1.20. The lowest BCUT2D eigenvalue weighted by atomic mass is 9.94. The van der Waals surface area contributed by atoms with Gasteiger partial charge in [-0.2, -0.15) is 0 Å². The van der Waals surface area contributed by atoms with Crippen molar-refractivity contribution >= 4 is 22.4 Å². The first-order valence-corrected chi connectivity index (χ1v) is 13.6. The summed E-state index contributed by atoms with van der Waals surface area (Å²) in [4.78, 5) is 9.98. The summed E-state index contributed by atoms with van der Waals surface area (Å²) in [5.74, 6) is 1.56. The molecular formula is C37H25N3. The number of amidine groups is 2. The highest BCUT2D eigenvalue weighted by Crippen LogP contribution is 2.49. The molecule has 0 bridgehead atoms. The topological polar surface area (TPSA) is 36.8 Å².